The number of hydrogen-bond acceptors (Lipinski definition) is 4. The first kappa shape index (κ1) is 25.0. The molecule has 2 N–H and O–H groups in total. The zero-order valence-electron chi connectivity index (χ0n) is 18.3. The van der Waals surface area contributed by atoms with E-state index < -0.39 is 0 Å². The summed E-state index contributed by atoms with van der Waals surface area (Å²) in [6.45, 7) is 10.3. The molecule has 0 spiro atoms. The van der Waals surface area contributed by atoms with Crippen molar-refractivity contribution in [1.29, 1.82) is 0 Å². The molecule has 2 rings (SSSR count). The molecule has 7 heteroatoms. The Morgan fingerprint density at radius 1 is 1.17 bits per heavy atom. The highest BCUT2D eigenvalue weighted by Gasteiger charge is 2.08. The zero-order valence-corrected chi connectivity index (χ0v) is 20.7. The smallest absolute Gasteiger partial charge is 0.191 e. The lowest BCUT2D eigenvalue weighted by atomic mass is 10.1. The normalized spacial score (nSPS) is 11.1. The van der Waals surface area contributed by atoms with Crippen molar-refractivity contribution in [3.8, 4) is 5.75 Å². The Bertz CT molecular complexity index is 793. The molecule has 0 saturated carbocycles. The quantitative estimate of drug-likeness (QED) is 0.317. The third-order valence-corrected chi connectivity index (χ3v) is 4.06. The number of anilines is 1. The maximum atomic E-state index is 5.97. The van der Waals surface area contributed by atoms with Crippen molar-refractivity contribution in [3.05, 3.63) is 53.2 Å². The Balaban J connectivity index is 0.00000420. The van der Waals surface area contributed by atoms with Gasteiger partial charge in [0.25, 0.3) is 0 Å². The summed E-state index contributed by atoms with van der Waals surface area (Å²) < 4.78 is 5.97. The molecule has 29 heavy (non-hydrogen) atoms. The molecule has 1 heterocycles. The van der Waals surface area contributed by atoms with E-state index in [1.807, 2.05) is 45.1 Å². The first-order valence-electron chi connectivity index (χ1n) is 9.79. The van der Waals surface area contributed by atoms with Crippen molar-refractivity contribution in [3.63, 3.8) is 0 Å². The lowest BCUT2D eigenvalue weighted by Gasteiger charge is -2.17. The van der Waals surface area contributed by atoms with Gasteiger partial charge >= 0.3 is 0 Å². The van der Waals surface area contributed by atoms with Gasteiger partial charge in [0.05, 0.1) is 12.6 Å². The van der Waals surface area contributed by atoms with Gasteiger partial charge in [-0.3, -0.25) is 0 Å². The van der Waals surface area contributed by atoms with Crippen LogP contribution in [0.2, 0.25) is 0 Å². The van der Waals surface area contributed by atoms with Gasteiger partial charge in [-0.25, -0.2) is 9.98 Å². The van der Waals surface area contributed by atoms with Crippen molar-refractivity contribution in [1.82, 2.24) is 15.6 Å². The van der Waals surface area contributed by atoms with E-state index in [0.29, 0.717) is 13.1 Å². The summed E-state index contributed by atoms with van der Waals surface area (Å²) in [5.74, 6) is 2.63. The van der Waals surface area contributed by atoms with Crippen LogP contribution in [0, 0.1) is 6.92 Å². The minimum Gasteiger partial charge on any atom is -0.491 e. The van der Waals surface area contributed by atoms with Crippen LogP contribution in [0.15, 0.2) is 41.5 Å². The number of guanidine groups is 1. The monoisotopic (exact) mass is 511 g/mol. The average molecular weight is 511 g/mol. The predicted molar refractivity (Wildman–Crippen MR) is 133 cm³/mol. The molecule has 6 nitrogen and oxygen atoms in total. The van der Waals surface area contributed by atoms with Gasteiger partial charge in [0.2, 0.25) is 0 Å². The predicted octanol–water partition coefficient (Wildman–Crippen LogP) is 4.12. The maximum absolute atomic E-state index is 5.97. The Hall–Kier alpha value is -2.03. The minimum absolute atomic E-state index is 0. The number of pyridine rings is 1. The molecule has 0 aliphatic rings. The second kappa shape index (κ2) is 12.5. The molecule has 0 bridgehead atoms. The van der Waals surface area contributed by atoms with Crippen LogP contribution < -0.4 is 20.3 Å². The van der Waals surface area contributed by atoms with Crippen LogP contribution in [0.4, 0.5) is 5.82 Å². The van der Waals surface area contributed by atoms with Gasteiger partial charge in [0.1, 0.15) is 11.6 Å². The first-order chi connectivity index (χ1) is 13.4. The summed E-state index contributed by atoms with van der Waals surface area (Å²) in [7, 11) is 3.97. The van der Waals surface area contributed by atoms with Gasteiger partial charge in [0.15, 0.2) is 5.96 Å². The molecule has 0 unspecified atom stereocenters. The molecule has 0 amide bonds. The molecule has 0 fully saturated rings. The number of aromatic nitrogens is 1. The van der Waals surface area contributed by atoms with E-state index in [1.165, 1.54) is 5.56 Å². The number of hydrogen-bond donors (Lipinski definition) is 2. The molecule has 0 aliphatic heterocycles. The van der Waals surface area contributed by atoms with Crippen molar-refractivity contribution in [2.24, 2.45) is 4.99 Å². The summed E-state index contributed by atoms with van der Waals surface area (Å²) in [6, 6.07) is 10.3. The number of aryl methyl sites for hydroxylation is 1. The van der Waals surface area contributed by atoms with E-state index in [0.717, 1.165) is 35.2 Å². The standard InChI is InChI=1S/C22H33N5O.HI/c1-7-23-22(25-14-18-10-11-24-21(13-18)27(5)6)26-15-19-9-8-17(4)12-20(19)28-16(2)3;/h8-13,16H,7,14-15H2,1-6H3,(H2,23,25,26);1H. The van der Waals surface area contributed by atoms with Gasteiger partial charge in [-0.15, -0.1) is 24.0 Å². The molecular formula is C22H34IN5O. The summed E-state index contributed by atoms with van der Waals surface area (Å²) >= 11 is 0. The largest absolute Gasteiger partial charge is 0.491 e. The lowest BCUT2D eigenvalue weighted by Crippen LogP contribution is -2.36. The van der Waals surface area contributed by atoms with Crippen molar-refractivity contribution < 1.29 is 4.74 Å². The van der Waals surface area contributed by atoms with Crippen LogP contribution in [0.25, 0.3) is 0 Å². The summed E-state index contributed by atoms with van der Waals surface area (Å²) in [4.78, 5) is 11.1. The molecule has 2 aromatic rings. The fourth-order valence-corrected chi connectivity index (χ4v) is 2.67. The number of nitrogens with one attached hydrogen (secondary N) is 2. The van der Waals surface area contributed by atoms with E-state index >= 15 is 0 Å². The van der Waals surface area contributed by atoms with E-state index in [4.69, 9.17) is 9.73 Å². The third-order valence-electron chi connectivity index (χ3n) is 4.06. The van der Waals surface area contributed by atoms with E-state index in [9.17, 15) is 0 Å². The Morgan fingerprint density at radius 3 is 2.59 bits per heavy atom. The number of ether oxygens (including phenoxy) is 1. The summed E-state index contributed by atoms with van der Waals surface area (Å²) in [5, 5.41) is 6.71. The first-order valence-corrected chi connectivity index (χ1v) is 9.79. The third kappa shape index (κ3) is 8.47. The molecule has 160 valence electrons. The van der Waals surface area contributed by atoms with Gasteiger partial charge in [-0.05, 0) is 57.0 Å². The van der Waals surface area contributed by atoms with E-state index in [-0.39, 0.29) is 30.1 Å². The fraction of sp³-hybridized carbons (Fsp3) is 0.455. The molecule has 0 saturated heterocycles. The van der Waals surface area contributed by atoms with E-state index in [2.05, 4.69) is 53.7 Å². The number of rotatable bonds is 8. The number of aliphatic imine (C=N–C) groups is 1. The van der Waals surface area contributed by atoms with Crippen molar-refractivity contribution in [2.45, 2.75) is 46.9 Å². The van der Waals surface area contributed by atoms with Crippen LogP contribution in [0.1, 0.15) is 37.5 Å². The second-order valence-corrected chi connectivity index (χ2v) is 7.24. The highest BCUT2D eigenvalue weighted by molar-refractivity contribution is 14.0. The number of benzene rings is 1. The lowest BCUT2D eigenvalue weighted by molar-refractivity contribution is 0.239. The number of nitrogens with zero attached hydrogens (tertiary/aromatic N) is 3. The summed E-state index contributed by atoms with van der Waals surface area (Å²) in [6.07, 6.45) is 1.96. The Kier molecular flexibility index (Phi) is 10.8. The Morgan fingerprint density at radius 2 is 1.93 bits per heavy atom. The van der Waals surface area contributed by atoms with Crippen molar-refractivity contribution >= 4 is 35.8 Å². The van der Waals surface area contributed by atoms with Crippen LogP contribution in [-0.2, 0) is 13.1 Å². The molecule has 0 radical (unpaired) electrons. The SMILES string of the molecule is CCNC(=NCc1ccnc(N(C)C)c1)NCc1ccc(C)cc1OC(C)C.I. The van der Waals surface area contributed by atoms with Crippen LogP contribution >= 0.6 is 24.0 Å². The molecule has 1 aromatic carbocycles. The maximum Gasteiger partial charge on any atom is 0.191 e. The average Bonchev–Trinajstić information content (AvgIpc) is 2.65. The topological polar surface area (TPSA) is 61.8 Å². The van der Waals surface area contributed by atoms with Crippen LogP contribution in [0.3, 0.4) is 0 Å². The molecule has 0 atom stereocenters. The van der Waals surface area contributed by atoms with Crippen molar-refractivity contribution in [2.75, 3.05) is 25.5 Å². The Labute approximate surface area is 192 Å². The van der Waals surface area contributed by atoms with Gasteiger partial charge in [0, 0.05) is 38.9 Å². The highest BCUT2D eigenvalue weighted by atomic mass is 127. The molecule has 1 aromatic heterocycles. The van der Waals surface area contributed by atoms with Crippen LogP contribution in [-0.4, -0.2) is 37.7 Å². The highest BCUT2D eigenvalue weighted by Crippen LogP contribution is 2.21. The van der Waals surface area contributed by atoms with Gasteiger partial charge in [-0.2, -0.15) is 0 Å². The van der Waals surface area contributed by atoms with Gasteiger partial charge < -0.3 is 20.3 Å². The number of halogens is 1. The van der Waals surface area contributed by atoms with Gasteiger partial charge in [-0.1, -0.05) is 12.1 Å². The fourth-order valence-electron chi connectivity index (χ4n) is 2.67. The minimum atomic E-state index is 0. The molecular weight excluding hydrogens is 477 g/mol. The second-order valence-electron chi connectivity index (χ2n) is 7.24. The van der Waals surface area contributed by atoms with Crippen LogP contribution in [0.5, 0.6) is 5.75 Å². The molecule has 0 aliphatic carbocycles. The zero-order chi connectivity index (χ0) is 20.5. The summed E-state index contributed by atoms with van der Waals surface area (Å²) in [5.41, 5.74) is 3.42. The van der Waals surface area contributed by atoms with E-state index in [1.54, 1.807) is 0 Å².